The van der Waals surface area contributed by atoms with Gasteiger partial charge < -0.3 is 9.84 Å². The van der Waals surface area contributed by atoms with E-state index in [2.05, 4.69) is 40.7 Å². The average Bonchev–Trinajstić information content (AvgIpc) is 2.80. The van der Waals surface area contributed by atoms with E-state index in [0.717, 1.165) is 36.0 Å². The average molecular weight is 401 g/mol. The van der Waals surface area contributed by atoms with E-state index in [-0.39, 0.29) is 11.9 Å². The van der Waals surface area contributed by atoms with Crippen LogP contribution in [-0.4, -0.2) is 34.1 Å². The Labute approximate surface area is 177 Å². The predicted octanol–water partition coefficient (Wildman–Crippen LogP) is 5.09. The molecule has 3 fully saturated rings. The lowest BCUT2D eigenvalue weighted by atomic mass is 9.73. The van der Waals surface area contributed by atoms with Crippen molar-refractivity contribution in [1.82, 2.24) is 9.88 Å². The third-order valence-corrected chi connectivity index (χ3v) is 6.84. The summed E-state index contributed by atoms with van der Waals surface area (Å²) >= 11 is 0. The number of phenols is 1. The Morgan fingerprint density at radius 3 is 2.83 bits per heavy atom. The van der Waals surface area contributed by atoms with E-state index in [1.54, 1.807) is 6.07 Å². The second kappa shape index (κ2) is 8.21. The third kappa shape index (κ3) is 3.62. The van der Waals surface area contributed by atoms with E-state index in [9.17, 15) is 5.11 Å². The molecule has 3 saturated heterocycles. The van der Waals surface area contributed by atoms with Gasteiger partial charge in [-0.1, -0.05) is 36.4 Å². The van der Waals surface area contributed by atoms with Crippen LogP contribution < -0.4 is 0 Å². The second-order valence-electron chi connectivity index (χ2n) is 8.57. The van der Waals surface area contributed by atoms with Crippen LogP contribution in [0, 0.1) is 11.8 Å². The summed E-state index contributed by atoms with van der Waals surface area (Å²) in [6.07, 6.45) is 6.25. The SMILES string of the molecule is C=C[C@H]1CN2CC[C@H]1C[C@H]2[C@H](OCc1ccccc1)c1ccnc2ccc(O)cc12. The summed E-state index contributed by atoms with van der Waals surface area (Å²) in [6.45, 7) is 6.79. The van der Waals surface area contributed by atoms with Gasteiger partial charge in [-0.05, 0) is 66.6 Å². The van der Waals surface area contributed by atoms with Gasteiger partial charge in [0.25, 0.3) is 0 Å². The molecule has 1 aromatic heterocycles. The van der Waals surface area contributed by atoms with Crippen molar-refractivity contribution in [2.24, 2.45) is 11.8 Å². The largest absolute Gasteiger partial charge is 0.508 e. The summed E-state index contributed by atoms with van der Waals surface area (Å²) in [5.41, 5.74) is 3.17. The molecule has 3 aliphatic heterocycles. The molecular weight excluding hydrogens is 372 g/mol. The first-order chi connectivity index (χ1) is 14.7. The van der Waals surface area contributed by atoms with Gasteiger partial charge in [0.05, 0.1) is 18.2 Å². The number of rotatable bonds is 6. The third-order valence-electron chi connectivity index (χ3n) is 6.84. The molecule has 2 bridgehead atoms. The Kier molecular flexibility index (Phi) is 5.28. The van der Waals surface area contributed by atoms with E-state index >= 15 is 0 Å². The lowest BCUT2D eigenvalue weighted by Gasteiger charge is -2.51. The number of fused-ring (bicyclic) bond motifs is 4. The zero-order valence-electron chi connectivity index (χ0n) is 17.2. The summed E-state index contributed by atoms with van der Waals surface area (Å²) < 4.78 is 6.65. The minimum atomic E-state index is -0.0777. The fourth-order valence-electron chi connectivity index (χ4n) is 5.26. The Balaban J connectivity index is 1.52. The molecule has 0 spiro atoms. The Bertz CT molecular complexity index is 1040. The van der Waals surface area contributed by atoms with Crippen molar-refractivity contribution in [3.63, 3.8) is 0 Å². The highest BCUT2D eigenvalue weighted by molar-refractivity contribution is 5.83. The zero-order chi connectivity index (χ0) is 20.5. The first kappa shape index (κ1) is 19.3. The molecule has 4 nitrogen and oxygen atoms in total. The van der Waals surface area contributed by atoms with Crippen molar-refractivity contribution in [3.8, 4) is 5.75 Å². The molecule has 6 rings (SSSR count). The van der Waals surface area contributed by atoms with Crippen molar-refractivity contribution in [3.05, 3.63) is 84.6 Å². The quantitative estimate of drug-likeness (QED) is 0.585. The topological polar surface area (TPSA) is 45.6 Å². The fraction of sp³-hybridized carbons (Fsp3) is 0.346. The van der Waals surface area contributed by atoms with Gasteiger partial charge in [-0.2, -0.15) is 0 Å². The Hall–Kier alpha value is -2.69. The lowest BCUT2D eigenvalue weighted by molar-refractivity contribution is -0.0803. The molecule has 3 aliphatic rings. The summed E-state index contributed by atoms with van der Waals surface area (Å²) in [6, 6.07) is 18.1. The maximum Gasteiger partial charge on any atom is 0.116 e. The first-order valence-electron chi connectivity index (χ1n) is 10.8. The number of aromatic hydroxyl groups is 1. The smallest absolute Gasteiger partial charge is 0.116 e. The molecule has 0 amide bonds. The molecule has 154 valence electrons. The zero-order valence-corrected chi connectivity index (χ0v) is 17.2. The van der Waals surface area contributed by atoms with Crippen molar-refractivity contribution in [2.45, 2.75) is 31.6 Å². The van der Waals surface area contributed by atoms with Gasteiger partial charge in [0.15, 0.2) is 0 Å². The number of hydrogen-bond donors (Lipinski definition) is 1. The van der Waals surface area contributed by atoms with Gasteiger partial charge >= 0.3 is 0 Å². The summed E-state index contributed by atoms with van der Waals surface area (Å²) in [7, 11) is 0. The number of benzene rings is 2. The molecule has 30 heavy (non-hydrogen) atoms. The van der Waals surface area contributed by atoms with Crippen LogP contribution in [0.4, 0.5) is 0 Å². The predicted molar refractivity (Wildman–Crippen MR) is 119 cm³/mol. The number of nitrogens with zero attached hydrogens (tertiary/aromatic N) is 2. The number of phenolic OH excluding ortho intramolecular Hbond substituents is 1. The van der Waals surface area contributed by atoms with Crippen LogP contribution >= 0.6 is 0 Å². The van der Waals surface area contributed by atoms with Crippen LogP contribution in [0.2, 0.25) is 0 Å². The monoisotopic (exact) mass is 400 g/mol. The maximum atomic E-state index is 10.1. The van der Waals surface area contributed by atoms with Crippen molar-refractivity contribution in [2.75, 3.05) is 13.1 Å². The van der Waals surface area contributed by atoms with E-state index in [0.29, 0.717) is 24.5 Å². The van der Waals surface area contributed by atoms with E-state index in [1.165, 1.54) is 12.0 Å². The molecule has 0 saturated carbocycles. The molecule has 0 aliphatic carbocycles. The number of pyridine rings is 1. The summed E-state index contributed by atoms with van der Waals surface area (Å²) in [5, 5.41) is 11.1. The van der Waals surface area contributed by atoms with Crippen LogP contribution in [0.5, 0.6) is 5.75 Å². The normalized spacial score (nSPS) is 26.5. The fourth-order valence-corrected chi connectivity index (χ4v) is 5.26. The van der Waals surface area contributed by atoms with Crippen LogP contribution in [0.3, 0.4) is 0 Å². The van der Waals surface area contributed by atoms with E-state index in [1.807, 2.05) is 36.5 Å². The molecule has 2 aromatic carbocycles. The number of hydrogen-bond acceptors (Lipinski definition) is 4. The second-order valence-corrected chi connectivity index (χ2v) is 8.57. The molecule has 5 atom stereocenters. The lowest BCUT2D eigenvalue weighted by Crippen LogP contribution is -2.55. The van der Waals surface area contributed by atoms with Gasteiger partial charge in [0, 0.05) is 24.2 Å². The van der Waals surface area contributed by atoms with Gasteiger partial charge in [0.1, 0.15) is 5.75 Å². The van der Waals surface area contributed by atoms with Crippen LogP contribution in [0.15, 0.2) is 73.4 Å². The number of aromatic nitrogens is 1. The molecular formula is C26H28N2O2. The first-order valence-corrected chi connectivity index (χ1v) is 10.8. The van der Waals surface area contributed by atoms with Gasteiger partial charge in [0.2, 0.25) is 0 Å². The summed E-state index contributed by atoms with van der Waals surface area (Å²) in [5.74, 6) is 1.50. The number of piperidine rings is 3. The van der Waals surface area contributed by atoms with Crippen LogP contribution in [0.25, 0.3) is 10.9 Å². The van der Waals surface area contributed by atoms with E-state index in [4.69, 9.17) is 4.74 Å². The van der Waals surface area contributed by atoms with Gasteiger partial charge in [-0.25, -0.2) is 0 Å². The standard InChI is InChI=1S/C26H28N2O2/c1-2-19-16-28-13-11-20(19)14-25(28)26(30-17-18-6-4-3-5-7-18)22-10-12-27-24-9-8-21(29)15-23(22)24/h2-10,12,15,19-20,25-26,29H,1,11,13-14,16-17H2/t19-,20-,25-,26+/m0/s1. The van der Waals surface area contributed by atoms with Crippen molar-refractivity contribution >= 4 is 10.9 Å². The molecule has 3 aromatic rings. The molecule has 0 radical (unpaired) electrons. The Morgan fingerprint density at radius 2 is 2.07 bits per heavy atom. The van der Waals surface area contributed by atoms with Gasteiger partial charge in [-0.3, -0.25) is 9.88 Å². The van der Waals surface area contributed by atoms with Crippen LogP contribution in [-0.2, 0) is 11.3 Å². The van der Waals surface area contributed by atoms with E-state index < -0.39 is 0 Å². The maximum absolute atomic E-state index is 10.1. The minimum Gasteiger partial charge on any atom is -0.508 e. The highest BCUT2D eigenvalue weighted by Gasteiger charge is 2.43. The molecule has 1 N–H and O–H groups in total. The molecule has 4 heteroatoms. The summed E-state index contributed by atoms with van der Waals surface area (Å²) in [4.78, 5) is 7.09. The Morgan fingerprint density at radius 1 is 1.20 bits per heavy atom. The van der Waals surface area contributed by atoms with Crippen molar-refractivity contribution in [1.29, 1.82) is 0 Å². The van der Waals surface area contributed by atoms with Gasteiger partial charge in [-0.15, -0.1) is 6.58 Å². The van der Waals surface area contributed by atoms with Crippen LogP contribution in [0.1, 0.15) is 30.1 Å². The highest BCUT2D eigenvalue weighted by Crippen LogP contribution is 2.43. The molecule has 1 unspecified atom stereocenters. The minimum absolute atomic E-state index is 0.0777. The van der Waals surface area contributed by atoms with Crippen molar-refractivity contribution < 1.29 is 9.84 Å². The highest BCUT2D eigenvalue weighted by atomic mass is 16.5. The molecule has 4 heterocycles. The number of ether oxygens (including phenoxy) is 1.